The minimum absolute atomic E-state index is 0.740. The molecule has 0 aromatic carbocycles. The Kier molecular flexibility index (Phi) is 2.62. The number of rotatable bonds is 2. The molecule has 1 atom stereocenters. The maximum atomic E-state index is 4.22. The third-order valence-electron chi connectivity index (χ3n) is 6.29. The normalized spacial score (nSPS) is 50.8. The molecule has 1 heteroatoms. The molecule has 1 N–H and O–H groups in total. The van der Waals surface area contributed by atoms with Crippen molar-refractivity contribution in [1.29, 1.82) is 0 Å². The zero-order chi connectivity index (χ0) is 12.2. The van der Waals surface area contributed by atoms with Crippen LogP contribution in [0.5, 0.6) is 0 Å². The quantitative estimate of drug-likeness (QED) is 0.728. The summed E-state index contributed by atoms with van der Waals surface area (Å²) < 4.78 is 0. The van der Waals surface area contributed by atoms with Crippen LogP contribution in [0.25, 0.3) is 0 Å². The summed E-state index contributed by atoms with van der Waals surface area (Å²) in [5, 5.41) is 3.76. The predicted molar refractivity (Wildman–Crippen MR) is 75.4 cm³/mol. The third kappa shape index (κ3) is 1.95. The largest absolute Gasteiger partial charge is 0.313 e. The van der Waals surface area contributed by atoms with E-state index in [0.717, 1.165) is 29.2 Å². The molecule has 4 bridgehead atoms. The summed E-state index contributed by atoms with van der Waals surface area (Å²) in [5.41, 5.74) is 2.23. The fourth-order valence-electron chi connectivity index (χ4n) is 6.18. The van der Waals surface area contributed by atoms with Gasteiger partial charge in [-0.1, -0.05) is 12.2 Å². The van der Waals surface area contributed by atoms with Gasteiger partial charge >= 0.3 is 0 Å². The van der Waals surface area contributed by atoms with E-state index in [4.69, 9.17) is 0 Å². The highest BCUT2D eigenvalue weighted by molar-refractivity contribution is 5.07. The number of hydrogen-bond donors (Lipinski definition) is 1. The molecular weight excluding hydrogens is 218 g/mol. The Balaban J connectivity index is 1.48. The van der Waals surface area contributed by atoms with Crippen LogP contribution >= 0.6 is 0 Å². The van der Waals surface area contributed by atoms with Gasteiger partial charge in [-0.3, -0.25) is 0 Å². The van der Waals surface area contributed by atoms with E-state index in [2.05, 4.69) is 11.9 Å². The smallest absolute Gasteiger partial charge is 0.0110 e. The molecule has 4 aliphatic carbocycles. The molecule has 1 aliphatic heterocycles. The van der Waals surface area contributed by atoms with Crippen molar-refractivity contribution in [1.82, 2.24) is 5.32 Å². The standard InChI is InChI=1S/C17H27N/c1-12-2-3-18-16(4-12)11-17-8-13-5-14(9-17)7-15(6-13)10-17/h13-16,18H,1-11H2. The molecule has 0 aromatic heterocycles. The van der Waals surface area contributed by atoms with Gasteiger partial charge in [-0.05, 0) is 87.5 Å². The van der Waals surface area contributed by atoms with Crippen molar-refractivity contribution in [2.75, 3.05) is 6.54 Å². The first-order valence-corrected chi connectivity index (χ1v) is 8.11. The van der Waals surface area contributed by atoms with Gasteiger partial charge in [-0.25, -0.2) is 0 Å². The van der Waals surface area contributed by atoms with Crippen molar-refractivity contribution in [3.05, 3.63) is 12.2 Å². The molecule has 18 heavy (non-hydrogen) atoms. The summed E-state index contributed by atoms with van der Waals surface area (Å²) in [4.78, 5) is 0. The highest BCUT2D eigenvalue weighted by atomic mass is 14.9. The number of hydrogen-bond acceptors (Lipinski definition) is 1. The summed E-state index contributed by atoms with van der Waals surface area (Å²) in [6.07, 6.45) is 13.3. The summed E-state index contributed by atoms with van der Waals surface area (Å²) in [7, 11) is 0. The van der Waals surface area contributed by atoms with Gasteiger partial charge in [-0.15, -0.1) is 0 Å². The first-order chi connectivity index (χ1) is 8.71. The van der Waals surface area contributed by atoms with E-state index in [9.17, 15) is 0 Å². The maximum Gasteiger partial charge on any atom is 0.0110 e. The molecule has 100 valence electrons. The third-order valence-corrected chi connectivity index (χ3v) is 6.29. The van der Waals surface area contributed by atoms with Crippen LogP contribution in [-0.4, -0.2) is 12.6 Å². The van der Waals surface area contributed by atoms with Gasteiger partial charge in [-0.2, -0.15) is 0 Å². The van der Waals surface area contributed by atoms with Gasteiger partial charge in [0, 0.05) is 6.04 Å². The van der Waals surface area contributed by atoms with Crippen LogP contribution in [0.4, 0.5) is 0 Å². The molecule has 1 nitrogen and oxygen atoms in total. The van der Waals surface area contributed by atoms with Gasteiger partial charge in [0.15, 0.2) is 0 Å². The van der Waals surface area contributed by atoms with Crippen molar-refractivity contribution in [3.63, 3.8) is 0 Å². The molecule has 5 rings (SSSR count). The lowest BCUT2D eigenvalue weighted by Crippen LogP contribution is -2.49. The van der Waals surface area contributed by atoms with E-state index < -0.39 is 0 Å². The van der Waals surface area contributed by atoms with E-state index in [-0.39, 0.29) is 0 Å². The number of piperidine rings is 1. The Bertz CT molecular complexity index is 321. The SMILES string of the molecule is C=C1CCNC(CC23CC4CC(CC(C4)C2)C3)C1. The molecule has 5 aliphatic rings. The van der Waals surface area contributed by atoms with E-state index in [1.807, 2.05) is 0 Å². The predicted octanol–water partition coefficient (Wildman–Crippen LogP) is 3.90. The van der Waals surface area contributed by atoms with Crippen molar-refractivity contribution in [2.24, 2.45) is 23.2 Å². The second-order valence-electron chi connectivity index (χ2n) is 7.98. The Morgan fingerprint density at radius 3 is 2.22 bits per heavy atom. The monoisotopic (exact) mass is 245 g/mol. The fourth-order valence-corrected chi connectivity index (χ4v) is 6.18. The maximum absolute atomic E-state index is 4.22. The lowest BCUT2D eigenvalue weighted by atomic mass is 9.48. The molecule has 4 saturated carbocycles. The molecule has 0 aromatic rings. The number of nitrogens with one attached hydrogen (secondary N) is 1. The Morgan fingerprint density at radius 2 is 1.67 bits per heavy atom. The average molecular weight is 245 g/mol. The minimum Gasteiger partial charge on any atom is -0.313 e. The lowest BCUT2D eigenvalue weighted by Gasteiger charge is -2.58. The van der Waals surface area contributed by atoms with Crippen LogP contribution in [-0.2, 0) is 0 Å². The van der Waals surface area contributed by atoms with Gasteiger partial charge < -0.3 is 5.32 Å². The molecule has 5 fully saturated rings. The zero-order valence-corrected chi connectivity index (χ0v) is 11.6. The Labute approximate surface area is 111 Å². The van der Waals surface area contributed by atoms with Gasteiger partial charge in [0.05, 0.1) is 0 Å². The fraction of sp³-hybridized carbons (Fsp3) is 0.882. The van der Waals surface area contributed by atoms with Crippen molar-refractivity contribution < 1.29 is 0 Å². The highest BCUT2D eigenvalue weighted by Gasteiger charge is 2.51. The second kappa shape index (κ2) is 4.10. The molecule has 1 heterocycles. The van der Waals surface area contributed by atoms with Gasteiger partial charge in [0.1, 0.15) is 0 Å². The first kappa shape index (κ1) is 11.5. The van der Waals surface area contributed by atoms with Crippen LogP contribution in [0, 0.1) is 23.2 Å². The molecular formula is C17H27N. The Morgan fingerprint density at radius 1 is 1.06 bits per heavy atom. The van der Waals surface area contributed by atoms with Crippen molar-refractivity contribution in [3.8, 4) is 0 Å². The van der Waals surface area contributed by atoms with E-state index in [0.29, 0.717) is 0 Å². The summed E-state index contributed by atoms with van der Waals surface area (Å²) >= 11 is 0. The minimum atomic E-state index is 0.740. The zero-order valence-electron chi connectivity index (χ0n) is 11.6. The average Bonchev–Trinajstić information content (AvgIpc) is 2.25. The molecule has 0 radical (unpaired) electrons. The van der Waals surface area contributed by atoms with Crippen LogP contribution < -0.4 is 5.32 Å². The Hall–Kier alpha value is -0.300. The topological polar surface area (TPSA) is 12.0 Å². The van der Waals surface area contributed by atoms with Crippen LogP contribution in [0.15, 0.2) is 12.2 Å². The first-order valence-electron chi connectivity index (χ1n) is 8.11. The lowest BCUT2D eigenvalue weighted by molar-refractivity contribution is -0.0623. The van der Waals surface area contributed by atoms with Crippen molar-refractivity contribution in [2.45, 2.75) is 63.8 Å². The van der Waals surface area contributed by atoms with Crippen LogP contribution in [0.2, 0.25) is 0 Å². The molecule has 1 unspecified atom stereocenters. The molecule has 0 amide bonds. The summed E-state index contributed by atoms with van der Waals surface area (Å²) in [6.45, 7) is 5.40. The van der Waals surface area contributed by atoms with E-state index in [1.54, 1.807) is 38.5 Å². The van der Waals surface area contributed by atoms with Crippen LogP contribution in [0.3, 0.4) is 0 Å². The highest BCUT2D eigenvalue weighted by Crippen LogP contribution is 2.61. The second-order valence-corrected chi connectivity index (χ2v) is 7.98. The molecule has 0 spiro atoms. The van der Waals surface area contributed by atoms with Crippen LogP contribution in [0.1, 0.15) is 57.8 Å². The molecule has 1 saturated heterocycles. The summed E-state index contributed by atoms with van der Waals surface area (Å²) in [5.74, 6) is 3.30. The van der Waals surface area contributed by atoms with E-state index in [1.165, 1.54) is 31.4 Å². The van der Waals surface area contributed by atoms with Gasteiger partial charge in [0.2, 0.25) is 0 Å². The summed E-state index contributed by atoms with van der Waals surface area (Å²) in [6, 6.07) is 0.752. The van der Waals surface area contributed by atoms with Crippen molar-refractivity contribution >= 4 is 0 Å². The van der Waals surface area contributed by atoms with Gasteiger partial charge in [0.25, 0.3) is 0 Å². The van der Waals surface area contributed by atoms with E-state index >= 15 is 0 Å².